The summed E-state index contributed by atoms with van der Waals surface area (Å²) in [6, 6.07) is 12.3. The van der Waals surface area contributed by atoms with Crippen molar-refractivity contribution in [1.82, 2.24) is 20.2 Å². The minimum Gasteiger partial charge on any atom is -0.375 e. The van der Waals surface area contributed by atoms with Gasteiger partial charge in [-0.1, -0.05) is 49.1 Å². The van der Waals surface area contributed by atoms with E-state index in [1.807, 2.05) is 6.20 Å². The molecular formula is C29H39N5. The summed E-state index contributed by atoms with van der Waals surface area (Å²) in [6.07, 6.45) is 15.4. The second-order valence-electron chi connectivity index (χ2n) is 10.4. The summed E-state index contributed by atoms with van der Waals surface area (Å²) in [5, 5.41) is 4.01. The van der Waals surface area contributed by atoms with E-state index in [1.165, 1.54) is 80.2 Å². The van der Waals surface area contributed by atoms with Crippen LogP contribution in [0.5, 0.6) is 0 Å². The highest BCUT2D eigenvalue weighted by Gasteiger charge is 2.32. The first-order valence-electron chi connectivity index (χ1n) is 13.3. The summed E-state index contributed by atoms with van der Waals surface area (Å²) < 4.78 is 0. The highest BCUT2D eigenvalue weighted by atomic mass is 15.1. The van der Waals surface area contributed by atoms with Crippen LogP contribution in [0.25, 0.3) is 5.57 Å². The van der Waals surface area contributed by atoms with E-state index in [1.54, 1.807) is 6.33 Å². The van der Waals surface area contributed by atoms with Crippen molar-refractivity contribution in [2.75, 3.05) is 20.1 Å². The monoisotopic (exact) mass is 457 g/mol. The Labute approximate surface area is 204 Å². The molecule has 0 atom stereocenters. The molecule has 1 aliphatic heterocycles. The normalized spacial score (nSPS) is 24.6. The van der Waals surface area contributed by atoms with Crippen LogP contribution in [-0.2, 0) is 0 Å². The number of nitrogens with one attached hydrogen (secondary N) is 1. The molecule has 0 unspecified atom stereocenters. The molecule has 5 heteroatoms. The van der Waals surface area contributed by atoms with E-state index < -0.39 is 0 Å². The third-order valence-electron chi connectivity index (χ3n) is 7.96. The fraction of sp³-hybridized carbons (Fsp3) is 0.552. The van der Waals surface area contributed by atoms with Crippen LogP contribution in [-0.4, -0.2) is 52.8 Å². The molecule has 1 aromatic heterocycles. The molecule has 5 nitrogen and oxygen atoms in total. The van der Waals surface area contributed by atoms with Crippen LogP contribution in [0.1, 0.15) is 74.6 Å². The van der Waals surface area contributed by atoms with Crippen LogP contribution in [0.2, 0.25) is 0 Å². The minimum atomic E-state index is 0.535. The Morgan fingerprint density at radius 1 is 0.882 bits per heavy atom. The van der Waals surface area contributed by atoms with Crippen LogP contribution in [0.4, 0.5) is 0 Å². The van der Waals surface area contributed by atoms with Gasteiger partial charge in [0.15, 0.2) is 0 Å². The first kappa shape index (κ1) is 23.2. The van der Waals surface area contributed by atoms with E-state index in [-0.39, 0.29) is 0 Å². The lowest BCUT2D eigenvalue weighted by atomic mass is 9.80. The van der Waals surface area contributed by atoms with Crippen molar-refractivity contribution in [3.63, 3.8) is 0 Å². The molecule has 2 aromatic rings. The molecule has 0 bridgehead atoms. The number of nitrogens with zero attached hydrogens (tertiary/aromatic N) is 4. The quantitative estimate of drug-likeness (QED) is 0.652. The minimum absolute atomic E-state index is 0.535. The number of rotatable bonds is 5. The van der Waals surface area contributed by atoms with Gasteiger partial charge >= 0.3 is 0 Å². The van der Waals surface area contributed by atoms with Gasteiger partial charge in [0.2, 0.25) is 0 Å². The average molecular weight is 458 g/mol. The van der Waals surface area contributed by atoms with Gasteiger partial charge < -0.3 is 10.2 Å². The van der Waals surface area contributed by atoms with Gasteiger partial charge in [-0.3, -0.25) is 4.99 Å². The number of hydrogen-bond donors (Lipinski definition) is 1. The summed E-state index contributed by atoms with van der Waals surface area (Å²) in [6.45, 7) is 3.88. The van der Waals surface area contributed by atoms with Crippen molar-refractivity contribution >= 4 is 11.3 Å². The van der Waals surface area contributed by atoms with Crippen molar-refractivity contribution < 1.29 is 0 Å². The Bertz CT molecular complexity index is 997. The molecule has 2 fully saturated rings. The van der Waals surface area contributed by atoms with Gasteiger partial charge in [-0.05, 0) is 57.4 Å². The summed E-state index contributed by atoms with van der Waals surface area (Å²) in [4.78, 5) is 16.5. The largest absolute Gasteiger partial charge is 0.375 e. The summed E-state index contributed by atoms with van der Waals surface area (Å²) in [5.74, 6) is 0.535. The average Bonchev–Trinajstić information content (AvgIpc) is 3.05. The highest BCUT2D eigenvalue weighted by Crippen LogP contribution is 2.38. The molecule has 0 saturated heterocycles. The number of aliphatic imine (C=N–C) groups is 1. The molecule has 5 rings (SSSR count). The van der Waals surface area contributed by atoms with Gasteiger partial charge in [0.05, 0.1) is 18.0 Å². The summed E-state index contributed by atoms with van der Waals surface area (Å²) in [7, 11) is 2.25. The predicted molar refractivity (Wildman–Crippen MR) is 140 cm³/mol. The Kier molecular flexibility index (Phi) is 7.39. The SMILES string of the molecule is Cc1ccc(C2=NCCN(C)C(C3CCC(NC4CCCCC4)CC3)=C2c2ccncn2)cc1. The van der Waals surface area contributed by atoms with E-state index in [9.17, 15) is 0 Å². The van der Waals surface area contributed by atoms with Crippen LogP contribution < -0.4 is 5.32 Å². The standard InChI is InChI=1S/C29H39N5/c1-21-8-10-22(11-9-21)28-27(26-16-17-30-20-32-26)29(34(2)19-18-31-28)23-12-14-25(15-13-23)33-24-6-4-3-5-7-24/h8-11,16-17,20,23-25,33H,3-7,12-15,18-19H2,1-2H3. The van der Waals surface area contributed by atoms with Gasteiger partial charge in [-0.2, -0.15) is 0 Å². The fourth-order valence-corrected chi connectivity index (χ4v) is 6.11. The first-order valence-corrected chi connectivity index (χ1v) is 13.3. The zero-order valence-electron chi connectivity index (χ0n) is 20.8. The number of allylic oxidation sites excluding steroid dienone is 2. The molecule has 34 heavy (non-hydrogen) atoms. The van der Waals surface area contributed by atoms with E-state index in [0.29, 0.717) is 12.0 Å². The third kappa shape index (κ3) is 5.25. The second-order valence-corrected chi connectivity index (χ2v) is 10.4. The lowest BCUT2D eigenvalue weighted by Crippen LogP contribution is -2.42. The molecule has 180 valence electrons. The van der Waals surface area contributed by atoms with Crippen molar-refractivity contribution in [3.8, 4) is 0 Å². The van der Waals surface area contributed by atoms with Crippen molar-refractivity contribution in [2.24, 2.45) is 10.9 Å². The summed E-state index contributed by atoms with van der Waals surface area (Å²) >= 11 is 0. The maximum absolute atomic E-state index is 5.11. The molecule has 0 spiro atoms. The smallest absolute Gasteiger partial charge is 0.116 e. The number of aryl methyl sites for hydroxylation is 1. The van der Waals surface area contributed by atoms with Crippen molar-refractivity contribution in [1.29, 1.82) is 0 Å². The first-order chi connectivity index (χ1) is 16.7. The van der Waals surface area contributed by atoms with Gasteiger partial charge in [-0.15, -0.1) is 0 Å². The Morgan fingerprint density at radius 3 is 2.32 bits per heavy atom. The number of hydrogen-bond acceptors (Lipinski definition) is 5. The van der Waals surface area contributed by atoms with Gasteiger partial charge in [0.1, 0.15) is 6.33 Å². The Balaban J connectivity index is 1.45. The molecule has 0 amide bonds. The molecule has 1 aromatic carbocycles. The van der Waals surface area contributed by atoms with Crippen LogP contribution in [0.3, 0.4) is 0 Å². The van der Waals surface area contributed by atoms with Crippen LogP contribution in [0, 0.1) is 12.8 Å². The van der Waals surface area contributed by atoms with E-state index in [2.05, 4.69) is 59.5 Å². The zero-order valence-corrected chi connectivity index (χ0v) is 20.8. The third-order valence-corrected chi connectivity index (χ3v) is 7.96. The predicted octanol–water partition coefficient (Wildman–Crippen LogP) is 5.41. The Morgan fingerprint density at radius 2 is 1.62 bits per heavy atom. The molecule has 2 heterocycles. The van der Waals surface area contributed by atoms with E-state index >= 15 is 0 Å². The maximum atomic E-state index is 5.11. The molecule has 2 saturated carbocycles. The Hall–Kier alpha value is -2.53. The van der Waals surface area contributed by atoms with Crippen LogP contribution >= 0.6 is 0 Å². The van der Waals surface area contributed by atoms with Crippen molar-refractivity contribution in [3.05, 3.63) is 65.4 Å². The fourth-order valence-electron chi connectivity index (χ4n) is 6.11. The lowest BCUT2D eigenvalue weighted by molar-refractivity contribution is 0.244. The molecule has 2 aliphatic carbocycles. The molecular weight excluding hydrogens is 418 g/mol. The van der Waals surface area contributed by atoms with Gasteiger partial charge in [0.25, 0.3) is 0 Å². The summed E-state index contributed by atoms with van der Waals surface area (Å²) in [5.41, 5.74) is 7.15. The highest BCUT2D eigenvalue weighted by molar-refractivity contribution is 6.32. The zero-order chi connectivity index (χ0) is 23.3. The number of benzene rings is 1. The topological polar surface area (TPSA) is 53.4 Å². The van der Waals surface area contributed by atoms with E-state index in [0.717, 1.165) is 30.5 Å². The van der Waals surface area contributed by atoms with E-state index in [4.69, 9.17) is 9.98 Å². The van der Waals surface area contributed by atoms with Crippen molar-refractivity contribution in [2.45, 2.75) is 76.8 Å². The second kappa shape index (κ2) is 10.8. The molecule has 3 aliphatic rings. The van der Waals surface area contributed by atoms with Gasteiger partial charge in [0, 0.05) is 48.7 Å². The number of likely N-dealkylation sites (N-methyl/N-ethyl adjacent to an activating group) is 1. The van der Waals surface area contributed by atoms with Crippen LogP contribution in [0.15, 0.2) is 53.5 Å². The molecule has 0 radical (unpaired) electrons. The molecule has 1 N–H and O–H groups in total. The maximum Gasteiger partial charge on any atom is 0.116 e. The number of aromatic nitrogens is 2. The van der Waals surface area contributed by atoms with Gasteiger partial charge in [-0.25, -0.2) is 9.97 Å². The lowest BCUT2D eigenvalue weighted by Gasteiger charge is -2.37.